The maximum atomic E-state index is 11.7. The summed E-state index contributed by atoms with van der Waals surface area (Å²) in [5.74, 6) is -0.180. The van der Waals surface area contributed by atoms with Crippen LogP contribution in [0.15, 0.2) is 0 Å². The van der Waals surface area contributed by atoms with Crippen LogP contribution in [0.25, 0.3) is 0 Å². The number of hydrogen-bond donors (Lipinski definition) is 2. The molecule has 1 saturated heterocycles. The first-order chi connectivity index (χ1) is 9.16. The molecule has 6 nitrogen and oxygen atoms in total. The van der Waals surface area contributed by atoms with Crippen molar-refractivity contribution in [2.24, 2.45) is 0 Å². The Labute approximate surface area is 117 Å². The first-order valence-corrected chi connectivity index (χ1v) is 7.59. The highest BCUT2D eigenvalue weighted by Gasteiger charge is 2.17. The number of nitrogen functional groups attached to an aromatic ring is 1. The van der Waals surface area contributed by atoms with Gasteiger partial charge in [-0.25, -0.2) is 0 Å². The van der Waals surface area contributed by atoms with Gasteiger partial charge in [-0.15, -0.1) is 10.2 Å². The van der Waals surface area contributed by atoms with Crippen LogP contribution in [-0.2, 0) is 0 Å². The molecule has 1 aliphatic rings. The summed E-state index contributed by atoms with van der Waals surface area (Å²) in [6.45, 7) is 5.17. The molecule has 1 atom stereocenters. The Morgan fingerprint density at radius 1 is 1.53 bits per heavy atom. The van der Waals surface area contributed by atoms with Crippen LogP contribution in [0.4, 0.5) is 5.13 Å². The van der Waals surface area contributed by atoms with Gasteiger partial charge in [0.2, 0.25) is 10.1 Å². The summed E-state index contributed by atoms with van der Waals surface area (Å²) in [5.41, 5.74) is 5.44. The maximum Gasteiger partial charge on any atom is 0.282 e. The monoisotopic (exact) mass is 283 g/mol. The minimum atomic E-state index is -0.180. The van der Waals surface area contributed by atoms with Crippen LogP contribution in [0.3, 0.4) is 0 Å². The molecule has 1 aromatic rings. The van der Waals surface area contributed by atoms with Crippen molar-refractivity contribution < 1.29 is 4.79 Å². The molecule has 0 saturated carbocycles. The second-order valence-electron chi connectivity index (χ2n) is 4.94. The molecule has 106 valence electrons. The van der Waals surface area contributed by atoms with Gasteiger partial charge in [-0.3, -0.25) is 4.79 Å². The van der Waals surface area contributed by atoms with Crippen LogP contribution in [0.2, 0.25) is 0 Å². The van der Waals surface area contributed by atoms with Crippen LogP contribution in [0.5, 0.6) is 0 Å². The van der Waals surface area contributed by atoms with Crippen LogP contribution < -0.4 is 11.1 Å². The topological polar surface area (TPSA) is 84.1 Å². The molecule has 1 aromatic heterocycles. The van der Waals surface area contributed by atoms with E-state index >= 15 is 0 Å². The van der Waals surface area contributed by atoms with Gasteiger partial charge in [-0.05, 0) is 32.7 Å². The van der Waals surface area contributed by atoms with Crippen molar-refractivity contribution in [3.05, 3.63) is 5.01 Å². The summed E-state index contributed by atoms with van der Waals surface area (Å²) in [6.07, 6.45) is 4.88. The Morgan fingerprint density at radius 2 is 2.37 bits per heavy atom. The standard InChI is InChI=1S/C12H21N5OS/c1-9-5-2-3-7-17(9)8-4-6-14-10(18)11-15-16-12(13)19-11/h9H,2-8H2,1H3,(H2,13,16)(H,14,18). The predicted octanol–water partition coefficient (Wildman–Crippen LogP) is 1.11. The first-order valence-electron chi connectivity index (χ1n) is 6.78. The predicted molar refractivity (Wildman–Crippen MR) is 76.2 cm³/mol. The Balaban J connectivity index is 1.65. The van der Waals surface area contributed by atoms with Gasteiger partial charge in [0.05, 0.1) is 0 Å². The van der Waals surface area contributed by atoms with Crippen LogP contribution in [0, 0.1) is 0 Å². The van der Waals surface area contributed by atoms with Crippen LogP contribution >= 0.6 is 11.3 Å². The molecule has 1 amide bonds. The fraction of sp³-hybridized carbons (Fsp3) is 0.750. The van der Waals surface area contributed by atoms with E-state index in [0.717, 1.165) is 24.3 Å². The highest BCUT2D eigenvalue weighted by molar-refractivity contribution is 7.16. The van der Waals surface area contributed by atoms with E-state index in [0.29, 0.717) is 22.7 Å². The Bertz CT molecular complexity index is 422. The summed E-state index contributed by atoms with van der Waals surface area (Å²) in [6, 6.07) is 0.674. The largest absolute Gasteiger partial charge is 0.374 e. The summed E-state index contributed by atoms with van der Waals surface area (Å²) in [5, 5.41) is 10.9. The molecule has 0 bridgehead atoms. The molecule has 0 aromatic carbocycles. The molecule has 3 N–H and O–H groups in total. The quantitative estimate of drug-likeness (QED) is 0.791. The van der Waals surface area contributed by atoms with E-state index in [2.05, 4.69) is 27.3 Å². The van der Waals surface area contributed by atoms with E-state index in [1.54, 1.807) is 0 Å². The zero-order chi connectivity index (χ0) is 13.7. The zero-order valence-electron chi connectivity index (χ0n) is 11.3. The van der Waals surface area contributed by atoms with Gasteiger partial charge in [0.25, 0.3) is 5.91 Å². The van der Waals surface area contributed by atoms with Crippen molar-refractivity contribution >= 4 is 22.4 Å². The number of piperidine rings is 1. The summed E-state index contributed by atoms with van der Waals surface area (Å²) in [7, 11) is 0. The Morgan fingerprint density at radius 3 is 3.05 bits per heavy atom. The lowest BCUT2D eigenvalue weighted by Crippen LogP contribution is -2.39. The van der Waals surface area contributed by atoms with Crippen molar-refractivity contribution in [2.75, 3.05) is 25.4 Å². The van der Waals surface area contributed by atoms with Gasteiger partial charge in [0.15, 0.2) is 0 Å². The molecule has 1 aliphatic heterocycles. The van der Waals surface area contributed by atoms with Crippen molar-refractivity contribution in [1.82, 2.24) is 20.4 Å². The number of nitrogens with zero attached hydrogens (tertiary/aromatic N) is 3. The van der Waals surface area contributed by atoms with Crippen molar-refractivity contribution in [1.29, 1.82) is 0 Å². The maximum absolute atomic E-state index is 11.7. The molecule has 2 heterocycles. The first kappa shape index (κ1) is 14.2. The molecule has 7 heteroatoms. The molecule has 1 unspecified atom stereocenters. The number of carbonyl (C=O) groups excluding carboxylic acids is 1. The minimum Gasteiger partial charge on any atom is -0.374 e. The van der Waals surface area contributed by atoms with E-state index < -0.39 is 0 Å². The second kappa shape index (κ2) is 6.81. The molecule has 1 fully saturated rings. The van der Waals surface area contributed by atoms with Crippen molar-refractivity contribution in [2.45, 2.75) is 38.6 Å². The number of hydrogen-bond acceptors (Lipinski definition) is 6. The number of rotatable bonds is 5. The number of likely N-dealkylation sites (tertiary alicyclic amines) is 1. The van der Waals surface area contributed by atoms with Gasteiger partial charge in [0.1, 0.15) is 0 Å². The van der Waals surface area contributed by atoms with Gasteiger partial charge in [0, 0.05) is 19.1 Å². The number of anilines is 1. The number of aromatic nitrogens is 2. The lowest BCUT2D eigenvalue weighted by molar-refractivity contribution is 0.0948. The molecule has 19 heavy (non-hydrogen) atoms. The molecular weight excluding hydrogens is 262 g/mol. The summed E-state index contributed by atoms with van der Waals surface area (Å²) >= 11 is 1.12. The molecule has 0 aliphatic carbocycles. The third-order valence-corrected chi connectivity index (χ3v) is 4.23. The Kier molecular flexibility index (Phi) is 5.09. The summed E-state index contributed by atoms with van der Waals surface area (Å²) in [4.78, 5) is 14.2. The zero-order valence-corrected chi connectivity index (χ0v) is 12.1. The van der Waals surface area contributed by atoms with E-state index in [9.17, 15) is 4.79 Å². The number of carbonyl (C=O) groups is 1. The van der Waals surface area contributed by atoms with Gasteiger partial charge in [-0.2, -0.15) is 0 Å². The number of nitrogens with two attached hydrogens (primary N) is 1. The second-order valence-corrected chi connectivity index (χ2v) is 5.94. The third kappa shape index (κ3) is 4.14. The minimum absolute atomic E-state index is 0.180. The summed E-state index contributed by atoms with van der Waals surface area (Å²) < 4.78 is 0. The highest BCUT2D eigenvalue weighted by Crippen LogP contribution is 2.16. The SMILES string of the molecule is CC1CCCCN1CCCNC(=O)c1nnc(N)s1. The van der Waals surface area contributed by atoms with Crippen LogP contribution in [0.1, 0.15) is 42.4 Å². The molecule has 0 spiro atoms. The van der Waals surface area contributed by atoms with E-state index in [-0.39, 0.29) is 5.91 Å². The number of nitrogens with one attached hydrogen (secondary N) is 1. The van der Waals surface area contributed by atoms with Gasteiger partial charge in [-0.1, -0.05) is 17.8 Å². The fourth-order valence-electron chi connectivity index (χ4n) is 2.38. The smallest absolute Gasteiger partial charge is 0.282 e. The molecule has 0 radical (unpaired) electrons. The third-order valence-electron chi connectivity index (χ3n) is 3.48. The van der Waals surface area contributed by atoms with Crippen LogP contribution in [-0.4, -0.2) is 46.7 Å². The Hall–Kier alpha value is -1.21. The average molecular weight is 283 g/mol. The molecule has 2 rings (SSSR count). The normalized spacial score (nSPS) is 20.4. The van der Waals surface area contributed by atoms with E-state index in [1.807, 2.05) is 0 Å². The van der Waals surface area contributed by atoms with Crippen molar-refractivity contribution in [3.63, 3.8) is 0 Å². The van der Waals surface area contributed by atoms with Crippen molar-refractivity contribution in [3.8, 4) is 0 Å². The highest BCUT2D eigenvalue weighted by atomic mass is 32.1. The molecular formula is C12H21N5OS. The number of amides is 1. The van der Waals surface area contributed by atoms with E-state index in [1.165, 1.54) is 25.8 Å². The van der Waals surface area contributed by atoms with Gasteiger partial charge >= 0.3 is 0 Å². The lowest BCUT2D eigenvalue weighted by Gasteiger charge is -2.33. The fourth-order valence-corrected chi connectivity index (χ4v) is 2.90. The average Bonchev–Trinajstić information content (AvgIpc) is 2.83. The lowest BCUT2D eigenvalue weighted by atomic mass is 10.0. The van der Waals surface area contributed by atoms with E-state index in [4.69, 9.17) is 5.73 Å². The van der Waals surface area contributed by atoms with Gasteiger partial charge < -0.3 is 16.0 Å².